The summed E-state index contributed by atoms with van der Waals surface area (Å²) in [5.74, 6) is 0.683. The third kappa shape index (κ3) is 3.54. The van der Waals surface area contributed by atoms with Gasteiger partial charge >= 0.3 is 0 Å². The molecule has 0 aliphatic heterocycles. The molecule has 0 saturated heterocycles. The molecule has 0 aliphatic rings. The summed E-state index contributed by atoms with van der Waals surface area (Å²) in [5.41, 5.74) is 1.67. The number of nitrogens with one attached hydrogen (secondary N) is 1. The Labute approximate surface area is 116 Å². The molecule has 1 heterocycles. The van der Waals surface area contributed by atoms with Crippen LogP contribution < -0.4 is 10.1 Å². The lowest BCUT2D eigenvalue weighted by atomic mass is 10.2. The number of hydrogen-bond donors (Lipinski definition) is 1. The number of aromatic nitrogens is 1. The SMILES string of the molecule is COc1cccc(NC(=O)Cc2sc(C)nc2C)c1. The number of aryl methyl sites for hydroxylation is 2. The summed E-state index contributed by atoms with van der Waals surface area (Å²) in [5, 5.41) is 3.85. The van der Waals surface area contributed by atoms with Crippen molar-refractivity contribution >= 4 is 22.9 Å². The molecule has 0 bridgehead atoms. The average Bonchev–Trinajstić information content (AvgIpc) is 2.68. The minimum atomic E-state index is -0.0417. The molecule has 1 aromatic heterocycles. The Kier molecular flexibility index (Phi) is 4.16. The fourth-order valence-electron chi connectivity index (χ4n) is 1.79. The van der Waals surface area contributed by atoms with Crippen LogP contribution in [-0.4, -0.2) is 18.0 Å². The highest BCUT2D eigenvalue weighted by Gasteiger charge is 2.10. The van der Waals surface area contributed by atoms with E-state index < -0.39 is 0 Å². The van der Waals surface area contributed by atoms with Crippen molar-refractivity contribution in [3.05, 3.63) is 39.8 Å². The van der Waals surface area contributed by atoms with Crippen molar-refractivity contribution in [3.8, 4) is 5.75 Å². The van der Waals surface area contributed by atoms with E-state index in [0.717, 1.165) is 27.0 Å². The zero-order valence-corrected chi connectivity index (χ0v) is 12.0. The van der Waals surface area contributed by atoms with E-state index in [9.17, 15) is 4.79 Å². The molecule has 2 aromatic rings. The second-order valence-corrected chi connectivity index (χ2v) is 5.49. The van der Waals surface area contributed by atoms with Crippen molar-refractivity contribution in [2.24, 2.45) is 0 Å². The van der Waals surface area contributed by atoms with Crippen molar-refractivity contribution < 1.29 is 9.53 Å². The molecule has 0 fully saturated rings. The number of thiazole rings is 1. The van der Waals surface area contributed by atoms with E-state index in [0.29, 0.717) is 6.42 Å². The molecule has 4 nitrogen and oxygen atoms in total. The summed E-state index contributed by atoms with van der Waals surface area (Å²) in [6, 6.07) is 7.32. The molecule has 19 heavy (non-hydrogen) atoms. The van der Waals surface area contributed by atoms with Crippen LogP contribution >= 0.6 is 11.3 Å². The summed E-state index contributed by atoms with van der Waals surface area (Å²) in [6.07, 6.45) is 0.356. The van der Waals surface area contributed by atoms with Crippen LogP contribution in [0.4, 0.5) is 5.69 Å². The van der Waals surface area contributed by atoms with Gasteiger partial charge in [0.1, 0.15) is 5.75 Å². The van der Waals surface area contributed by atoms with Gasteiger partial charge in [0.2, 0.25) is 5.91 Å². The van der Waals surface area contributed by atoms with E-state index >= 15 is 0 Å². The maximum Gasteiger partial charge on any atom is 0.229 e. The molecule has 5 heteroatoms. The molecule has 1 N–H and O–H groups in total. The van der Waals surface area contributed by atoms with Crippen LogP contribution in [0.3, 0.4) is 0 Å². The van der Waals surface area contributed by atoms with Crippen LogP contribution in [0, 0.1) is 13.8 Å². The lowest BCUT2D eigenvalue weighted by Crippen LogP contribution is -2.14. The van der Waals surface area contributed by atoms with Gasteiger partial charge in [-0.25, -0.2) is 4.98 Å². The highest BCUT2D eigenvalue weighted by molar-refractivity contribution is 7.11. The summed E-state index contributed by atoms with van der Waals surface area (Å²) in [6.45, 7) is 3.87. The van der Waals surface area contributed by atoms with E-state index in [1.54, 1.807) is 24.5 Å². The van der Waals surface area contributed by atoms with E-state index in [2.05, 4.69) is 10.3 Å². The molecule has 0 aliphatic carbocycles. The fraction of sp³-hybridized carbons (Fsp3) is 0.286. The third-order valence-electron chi connectivity index (χ3n) is 2.67. The van der Waals surface area contributed by atoms with Crippen LogP contribution in [0.1, 0.15) is 15.6 Å². The number of rotatable bonds is 4. The Morgan fingerprint density at radius 3 is 2.84 bits per heavy atom. The van der Waals surface area contributed by atoms with E-state index in [4.69, 9.17) is 4.74 Å². The van der Waals surface area contributed by atoms with Gasteiger partial charge in [-0.1, -0.05) is 6.07 Å². The molecule has 1 amide bonds. The summed E-state index contributed by atoms with van der Waals surface area (Å²) in [7, 11) is 1.60. The zero-order chi connectivity index (χ0) is 13.8. The molecule has 100 valence electrons. The Balaban J connectivity index is 2.03. The number of ether oxygens (including phenoxy) is 1. The number of carbonyl (C=O) groups excluding carboxylic acids is 1. The summed E-state index contributed by atoms with van der Waals surface area (Å²) < 4.78 is 5.12. The molecular weight excluding hydrogens is 260 g/mol. The Bertz CT molecular complexity index is 593. The van der Waals surface area contributed by atoms with Crippen molar-refractivity contribution in [2.75, 3.05) is 12.4 Å². The maximum atomic E-state index is 12.0. The average molecular weight is 276 g/mol. The first-order valence-corrected chi connectivity index (χ1v) is 6.77. The predicted octanol–water partition coefficient (Wildman–Crippen LogP) is 2.95. The molecule has 2 rings (SSSR count). The lowest BCUT2D eigenvalue weighted by molar-refractivity contribution is -0.115. The van der Waals surface area contributed by atoms with Crippen molar-refractivity contribution in [1.82, 2.24) is 4.98 Å². The van der Waals surface area contributed by atoms with Crippen molar-refractivity contribution in [2.45, 2.75) is 20.3 Å². The molecule has 1 aromatic carbocycles. The van der Waals surface area contributed by atoms with Gasteiger partial charge in [-0.15, -0.1) is 11.3 Å². The Morgan fingerprint density at radius 1 is 1.42 bits per heavy atom. The Hall–Kier alpha value is -1.88. The number of amides is 1. The van der Waals surface area contributed by atoms with Gasteiger partial charge < -0.3 is 10.1 Å². The van der Waals surface area contributed by atoms with Gasteiger partial charge in [-0.2, -0.15) is 0 Å². The van der Waals surface area contributed by atoms with E-state index in [1.807, 2.05) is 32.0 Å². The standard InChI is InChI=1S/C14H16N2O2S/c1-9-13(19-10(2)15-9)8-14(17)16-11-5-4-6-12(7-11)18-3/h4-7H,8H2,1-3H3,(H,16,17). The zero-order valence-electron chi connectivity index (χ0n) is 11.2. The fourth-order valence-corrected chi connectivity index (χ4v) is 2.73. The Morgan fingerprint density at radius 2 is 2.21 bits per heavy atom. The minimum Gasteiger partial charge on any atom is -0.497 e. The van der Waals surface area contributed by atoms with Gasteiger partial charge in [0, 0.05) is 16.6 Å². The number of hydrogen-bond acceptors (Lipinski definition) is 4. The monoisotopic (exact) mass is 276 g/mol. The normalized spacial score (nSPS) is 10.3. The molecule has 0 saturated carbocycles. The second kappa shape index (κ2) is 5.84. The van der Waals surface area contributed by atoms with E-state index in [-0.39, 0.29) is 5.91 Å². The van der Waals surface area contributed by atoms with Gasteiger partial charge in [0.15, 0.2) is 0 Å². The molecular formula is C14H16N2O2S. The largest absolute Gasteiger partial charge is 0.497 e. The topological polar surface area (TPSA) is 51.2 Å². The highest BCUT2D eigenvalue weighted by atomic mass is 32.1. The summed E-state index contributed by atoms with van der Waals surface area (Å²) in [4.78, 5) is 17.3. The maximum absolute atomic E-state index is 12.0. The van der Waals surface area contributed by atoms with E-state index in [1.165, 1.54) is 0 Å². The third-order valence-corrected chi connectivity index (χ3v) is 3.75. The van der Waals surface area contributed by atoms with Crippen LogP contribution in [0.15, 0.2) is 24.3 Å². The highest BCUT2D eigenvalue weighted by Crippen LogP contribution is 2.20. The lowest BCUT2D eigenvalue weighted by Gasteiger charge is -2.06. The first-order valence-electron chi connectivity index (χ1n) is 5.95. The molecule has 0 atom stereocenters. The first-order chi connectivity index (χ1) is 9.08. The van der Waals surface area contributed by atoms with Gasteiger partial charge in [-0.05, 0) is 26.0 Å². The predicted molar refractivity (Wildman–Crippen MR) is 76.9 cm³/mol. The molecule has 0 radical (unpaired) electrons. The van der Waals surface area contributed by atoms with Crippen LogP contribution in [0.5, 0.6) is 5.75 Å². The first kappa shape index (κ1) is 13.5. The van der Waals surface area contributed by atoms with Crippen molar-refractivity contribution in [1.29, 1.82) is 0 Å². The quantitative estimate of drug-likeness (QED) is 0.934. The van der Waals surface area contributed by atoms with Gasteiger partial charge in [0.05, 0.1) is 24.2 Å². The van der Waals surface area contributed by atoms with Gasteiger partial charge in [-0.3, -0.25) is 4.79 Å². The van der Waals surface area contributed by atoms with Gasteiger partial charge in [0.25, 0.3) is 0 Å². The van der Waals surface area contributed by atoms with Crippen molar-refractivity contribution in [3.63, 3.8) is 0 Å². The number of nitrogens with zero attached hydrogens (tertiary/aromatic N) is 1. The number of anilines is 1. The smallest absolute Gasteiger partial charge is 0.229 e. The van der Waals surface area contributed by atoms with Crippen LogP contribution in [0.2, 0.25) is 0 Å². The van der Waals surface area contributed by atoms with Crippen LogP contribution in [0.25, 0.3) is 0 Å². The minimum absolute atomic E-state index is 0.0417. The second-order valence-electron chi connectivity index (χ2n) is 4.20. The molecule has 0 spiro atoms. The summed E-state index contributed by atoms with van der Waals surface area (Å²) >= 11 is 1.56. The van der Waals surface area contributed by atoms with Crippen LogP contribution in [-0.2, 0) is 11.2 Å². The number of carbonyl (C=O) groups is 1. The number of methoxy groups -OCH3 is 1. The number of benzene rings is 1. The molecule has 0 unspecified atom stereocenters.